The van der Waals surface area contributed by atoms with E-state index < -0.39 is 0 Å². The van der Waals surface area contributed by atoms with E-state index in [-0.39, 0.29) is 10.8 Å². The van der Waals surface area contributed by atoms with Gasteiger partial charge in [-0.2, -0.15) is 0 Å². The molecule has 0 saturated carbocycles. The Kier molecular flexibility index (Phi) is 7.20. The van der Waals surface area contributed by atoms with Crippen LogP contribution in [0, 0.1) is 5.92 Å². The van der Waals surface area contributed by atoms with Crippen molar-refractivity contribution in [2.75, 3.05) is 0 Å². The largest absolute Gasteiger partial charge is 0.255 e. The molecule has 0 radical (unpaired) electrons. The second-order valence-electron chi connectivity index (χ2n) is 13.3. The molecule has 1 unspecified atom stereocenters. The number of nitrogens with zero attached hydrogens (tertiary/aromatic N) is 4. The van der Waals surface area contributed by atoms with Crippen LogP contribution in [-0.2, 0) is 10.8 Å². The van der Waals surface area contributed by atoms with E-state index in [9.17, 15) is 0 Å². The minimum atomic E-state index is 0.109. The molecule has 0 amide bonds. The average Bonchev–Trinajstić information content (AvgIpc) is 3.25. The smallest absolute Gasteiger partial charge is 0.164 e. The lowest BCUT2D eigenvalue weighted by atomic mass is 9.71. The second-order valence-corrected chi connectivity index (χ2v) is 13.3. The van der Waals surface area contributed by atoms with Crippen LogP contribution in [-0.4, -0.2) is 19.9 Å². The van der Waals surface area contributed by atoms with Crippen LogP contribution in [0.15, 0.2) is 110 Å². The highest BCUT2D eigenvalue weighted by Gasteiger charge is 2.48. The van der Waals surface area contributed by atoms with Crippen molar-refractivity contribution >= 4 is 32.3 Å². The summed E-state index contributed by atoms with van der Waals surface area (Å²) in [4.78, 5) is 18.8. The third-order valence-corrected chi connectivity index (χ3v) is 10.5. The highest BCUT2D eigenvalue weighted by atomic mass is 15.0. The molecule has 0 bridgehead atoms. The summed E-state index contributed by atoms with van der Waals surface area (Å²) in [5.41, 5.74) is 7.05. The first-order chi connectivity index (χ1) is 22.2. The van der Waals surface area contributed by atoms with Gasteiger partial charge in [-0.15, -0.1) is 0 Å². The summed E-state index contributed by atoms with van der Waals surface area (Å²) in [6.07, 6.45) is 3.47. The average molecular weight is 601 g/mol. The summed E-state index contributed by atoms with van der Waals surface area (Å²) in [5.74, 6) is 1.81. The number of hydrogen-bond acceptors (Lipinski definition) is 4. The maximum Gasteiger partial charge on any atom is 0.164 e. The Morgan fingerprint density at radius 2 is 1.02 bits per heavy atom. The van der Waals surface area contributed by atoms with Gasteiger partial charge in [0.1, 0.15) is 6.33 Å². The molecule has 0 aliphatic heterocycles. The van der Waals surface area contributed by atoms with Gasteiger partial charge in [-0.1, -0.05) is 121 Å². The Balaban J connectivity index is 0.00000166. The molecular formula is C42H40N4. The number of pyridine rings is 1. The minimum absolute atomic E-state index is 0.109. The van der Waals surface area contributed by atoms with E-state index in [0.717, 1.165) is 22.4 Å². The van der Waals surface area contributed by atoms with Gasteiger partial charge >= 0.3 is 0 Å². The SMILES string of the molecule is CC.CC1C(C)(C)c2ccc(-c3ccc(-c4ncnc(-c5ccc6c7ccccc7c7ccccc7c6c5)n4)cn3)cc2C1(C)C. The van der Waals surface area contributed by atoms with Gasteiger partial charge in [0.25, 0.3) is 0 Å². The highest BCUT2D eigenvalue weighted by molar-refractivity contribution is 6.25. The topological polar surface area (TPSA) is 51.6 Å². The lowest BCUT2D eigenvalue weighted by molar-refractivity contribution is 0.264. The summed E-state index contributed by atoms with van der Waals surface area (Å²) in [7, 11) is 0. The molecule has 0 saturated heterocycles. The van der Waals surface area contributed by atoms with E-state index in [0.29, 0.717) is 17.6 Å². The van der Waals surface area contributed by atoms with Crippen molar-refractivity contribution in [2.24, 2.45) is 5.92 Å². The molecule has 1 aliphatic carbocycles. The predicted molar refractivity (Wildman–Crippen MR) is 193 cm³/mol. The lowest BCUT2D eigenvalue weighted by Crippen LogP contribution is -2.30. The third-order valence-electron chi connectivity index (χ3n) is 10.5. The number of aromatic nitrogens is 4. The first-order valence-corrected chi connectivity index (χ1v) is 16.4. The van der Waals surface area contributed by atoms with Gasteiger partial charge in [-0.25, -0.2) is 15.0 Å². The van der Waals surface area contributed by atoms with Crippen molar-refractivity contribution in [1.29, 1.82) is 0 Å². The van der Waals surface area contributed by atoms with Gasteiger partial charge in [-0.05, 0) is 84.5 Å². The molecule has 1 atom stereocenters. The lowest BCUT2D eigenvalue weighted by Gasteiger charge is -2.32. The van der Waals surface area contributed by atoms with Gasteiger partial charge < -0.3 is 0 Å². The van der Waals surface area contributed by atoms with Crippen LogP contribution in [0.3, 0.4) is 0 Å². The molecule has 0 N–H and O–H groups in total. The van der Waals surface area contributed by atoms with Gasteiger partial charge in [0.05, 0.1) is 5.69 Å². The van der Waals surface area contributed by atoms with Crippen LogP contribution in [0.4, 0.5) is 0 Å². The number of hydrogen-bond donors (Lipinski definition) is 0. The Labute approximate surface area is 271 Å². The number of rotatable bonds is 3. The summed E-state index contributed by atoms with van der Waals surface area (Å²) < 4.78 is 0. The predicted octanol–water partition coefficient (Wildman–Crippen LogP) is 11.0. The molecule has 8 rings (SSSR count). The summed E-state index contributed by atoms with van der Waals surface area (Å²) in [6, 6.07) is 34.7. The van der Waals surface area contributed by atoms with Gasteiger partial charge in [0.2, 0.25) is 0 Å². The zero-order chi connectivity index (χ0) is 32.2. The fraction of sp³-hybridized carbons (Fsp3) is 0.238. The van der Waals surface area contributed by atoms with Crippen LogP contribution in [0.1, 0.15) is 59.6 Å². The standard InChI is InChI=1S/C40H34N4.C2H6/c1-24-39(2,3)34-18-15-25(21-35(34)40(24,4)5)36-19-16-27(22-41-36)38-43-23-42-37(44-38)26-14-17-32-30-12-7-6-10-28(30)29-11-8-9-13-31(29)33(32)20-26;1-2/h6-24H,1-5H3;1-2H3. The fourth-order valence-corrected chi connectivity index (χ4v) is 7.49. The van der Waals surface area contributed by atoms with Crippen LogP contribution in [0.5, 0.6) is 0 Å². The summed E-state index contributed by atoms with van der Waals surface area (Å²) >= 11 is 0. The second kappa shape index (κ2) is 11.1. The minimum Gasteiger partial charge on any atom is -0.255 e. The van der Waals surface area contributed by atoms with Crippen LogP contribution in [0.2, 0.25) is 0 Å². The van der Waals surface area contributed by atoms with Crippen molar-refractivity contribution < 1.29 is 0 Å². The first kappa shape index (κ1) is 29.7. The monoisotopic (exact) mass is 600 g/mol. The third kappa shape index (κ3) is 4.58. The van der Waals surface area contributed by atoms with Gasteiger partial charge in [0.15, 0.2) is 11.6 Å². The fourth-order valence-electron chi connectivity index (χ4n) is 7.49. The Morgan fingerprint density at radius 1 is 0.500 bits per heavy atom. The van der Waals surface area contributed by atoms with Crippen LogP contribution in [0.25, 0.3) is 66.4 Å². The Morgan fingerprint density at radius 3 is 1.63 bits per heavy atom. The first-order valence-electron chi connectivity index (χ1n) is 16.4. The van der Waals surface area contributed by atoms with Crippen LogP contribution < -0.4 is 0 Å². The molecule has 4 nitrogen and oxygen atoms in total. The molecule has 46 heavy (non-hydrogen) atoms. The summed E-state index contributed by atoms with van der Waals surface area (Å²) in [6.45, 7) is 15.8. The molecule has 7 aromatic rings. The molecule has 4 heteroatoms. The Bertz CT molecular complexity index is 2210. The molecular weight excluding hydrogens is 560 g/mol. The van der Waals surface area contributed by atoms with E-state index >= 15 is 0 Å². The molecule has 2 aromatic heterocycles. The van der Waals surface area contributed by atoms with Crippen molar-refractivity contribution in [1.82, 2.24) is 19.9 Å². The highest BCUT2D eigenvalue weighted by Crippen LogP contribution is 2.54. The van der Waals surface area contributed by atoms with Crippen molar-refractivity contribution in [2.45, 2.75) is 59.3 Å². The van der Waals surface area contributed by atoms with Crippen LogP contribution >= 0.6 is 0 Å². The molecule has 5 aromatic carbocycles. The van der Waals surface area contributed by atoms with E-state index in [1.54, 1.807) is 6.33 Å². The number of fused-ring (bicyclic) bond motifs is 7. The van der Waals surface area contributed by atoms with Gasteiger partial charge in [0, 0.05) is 22.9 Å². The molecule has 2 heterocycles. The van der Waals surface area contributed by atoms with E-state index in [2.05, 4.69) is 142 Å². The van der Waals surface area contributed by atoms with Crippen molar-refractivity contribution in [3.63, 3.8) is 0 Å². The zero-order valence-corrected chi connectivity index (χ0v) is 27.8. The van der Waals surface area contributed by atoms with Gasteiger partial charge in [-0.3, -0.25) is 4.98 Å². The van der Waals surface area contributed by atoms with Crippen molar-refractivity contribution in [3.8, 4) is 34.0 Å². The van der Waals surface area contributed by atoms with E-state index in [4.69, 9.17) is 9.97 Å². The quantitative estimate of drug-likeness (QED) is 0.189. The molecule has 0 fully saturated rings. The normalized spacial score (nSPS) is 16.3. The molecule has 1 aliphatic rings. The maximum atomic E-state index is 4.89. The summed E-state index contributed by atoms with van der Waals surface area (Å²) in [5, 5.41) is 7.42. The number of benzene rings is 5. The van der Waals surface area contributed by atoms with E-state index in [1.165, 1.54) is 43.4 Å². The van der Waals surface area contributed by atoms with Crippen molar-refractivity contribution in [3.05, 3.63) is 121 Å². The van der Waals surface area contributed by atoms with E-state index in [1.807, 2.05) is 20.0 Å². The molecule has 0 spiro atoms. The Hall–Kier alpha value is -4.96. The maximum absolute atomic E-state index is 4.89. The molecule has 228 valence electrons. The zero-order valence-electron chi connectivity index (χ0n) is 27.8.